The van der Waals surface area contributed by atoms with Crippen molar-refractivity contribution >= 4 is 17.2 Å². The first-order valence-corrected chi connectivity index (χ1v) is 7.45. The summed E-state index contributed by atoms with van der Waals surface area (Å²) in [7, 11) is 0. The molecule has 1 aliphatic heterocycles. The highest BCUT2D eigenvalue weighted by molar-refractivity contribution is 7.09. The molecule has 0 atom stereocenters. The minimum absolute atomic E-state index is 0.343. The highest BCUT2D eigenvalue weighted by Crippen LogP contribution is 2.33. The normalized spacial score (nSPS) is 17.2. The topological polar surface area (TPSA) is 41.9 Å². The lowest BCUT2D eigenvalue weighted by atomic mass is 9.97. The summed E-state index contributed by atoms with van der Waals surface area (Å²) in [4.78, 5) is 13.4. The van der Waals surface area contributed by atoms with Gasteiger partial charge in [0, 0.05) is 36.7 Å². The van der Waals surface area contributed by atoms with E-state index in [-0.39, 0.29) is 0 Å². The van der Waals surface area contributed by atoms with Crippen molar-refractivity contribution in [3.63, 3.8) is 0 Å². The van der Waals surface area contributed by atoms with Gasteiger partial charge in [0.2, 0.25) is 0 Å². The highest BCUT2D eigenvalue weighted by Gasteiger charge is 2.33. The lowest BCUT2D eigenvalue weighted by molar-refractivity contribution is -0.141. The Bertz CT molecular complexity index is 592. The number of piperidine rings is 1. The second-order valence-electron chi connectivity index (χ2n) is 4.89. The summed E-state index contributed by atoms with van der Waals surface area (Å²) in [5, 5.41) is 3.05. The van der Waals surface area contributed by atoms with Gasteiger partial charge in [-0.15, -0.1) is 11.3 Å². The number of rotatable bonds is 2. The van der Waals surface area contributed by atoms with Gasteiger partial charge in [0.05, 0.1) is 5.01 Å². The molecular formula is C13H13F3N4S. The van der Waals surface area contributed by atoms with Crippen LogP contribution in [0.5, 0.6) is 0 Å². The van der Waals surface area contributed by atoms with Gasteiger partial charge in [0.15, 0.2) is 0 Å². The molecule has 0 amide bonds. The van der Waals surface area contributed by atoms with Gasteiger partial charge in [-0.25, -0.2) is 15.0 Å². The van der Waals surface area contributed by atoms with Gasteiger partial charge in [-0.05, 0) is 12.8 Å². The summed E-state index contributed by atoms with van der Waals surface area (Å²) in [5.41, 5.74) is -0.894. The lowest BCUT2D eigenvalue weighted by Crippen LogP contribution is -2.33. The van der Waals surface area contributed by atoms with Crippen molar-refractivity contribution in [2.24, 2.45) is 0 Å². The molecule has 1 fully saturated rings. The van der Waals surface area contributed by atoms with E-state index in [1.165, 1.54) is 0 Å². The molecule has 2 aromatic rings. The molecule has 0 saturated carbocycles. The van der Waals surface area contributed by atoms with Crippen LogP contribution in [0.2, 0.25) is 0 Å². The van der Waals surface area contributed by atoms with Crippen molar-refractivity contribution in [3.05, 3.63) is 34.7 Å². The SMILES string of the molecule is FC(F)(F)c1cc(N2CCC(c3nccs3)CC2)ncn1. The first kappa shape index (κ1) is 14.2. The molecule has 0 aliphatic carbocycles. The summed E-state index contributed by atoms with van der Waals surface area (Å²) >= 11 is 1.63. The van der Waals surface area contributed by atoms with Gasteiger partial charge < -0.3 is 4.90 Å². The average molecular weight is 314 g/mol. The maximum Gasteiger partial charge on any atom is 0.433 e. The average Bonchev–Trinajstić information content (AvgIpc) is 3.01. The van der Waals surface area contributed by atoms with Gasteiger partial charge in [0.1, 0.15) is 17.8 Å². The molecule has 21 heavy (non-hydrogen) atoms. The molecule has 1 saturated heterocycles. The number of nitrogens with zero attached hydrogens (tertiary/aromatic N) is 4. The number of alkyl halides is 3. The van der Waals surface area contributed by atoms with E-state index in [1.54, 1.807) is 17.5 Å². The number of hydrogen-bond acceptors (Lipinski definition) is 5. The Labute approximate surface area is 123 Å². The van der Waals surface area contributed by atoms with Crippen molar-refractivity contribution in [1.82, 2.24) is 15.0 Å². The van der Waals surface area contributed by atoms with E-state index in [0.29, 0.717) is 24.8 Å². The fraction of sp³-hybridized carbons (Fsp3) is 0.462. The molecule has 0 N–H and O–H groups in total. The van der Waals surface area contributed by atoms with Crippen LogP contribution < -0.4 is 4.90 Å². The van der Waals surface area contributed by atoms with Crippen molar-refractivity contribution in [2.45, 2.75) is 24.9 Å². The first-order valence-electron chi connectivity index (χ1n) is 6.57. The monoisotopic (exact) mass is 314 g/mol. The van der Waals surface area contributed by atoms with Gasteiger partial charge >= 0.3 is 6.18 Å². The molecule has 0 spiro atoms. The second kappa shape index (κ2) is 5.59. The van der Waals surface area contributed by atoms with Gasteiger partial charge in [-0.3, -0.25) is 0 Å². The zero-order chi connectivity index (χ0) is 14.9. The van der Waals surface area contributed by atoms with Crippen molar-refractivity contribution in [1.29, 1.82) is 0 Å². The summed E-state index contributed by atoms with van der Waals surface area (Å²) in [6.45, 7) is 1.36. The van der Waals surface area contributed by atoms with Crippen LogP contribution in [-0.2, 0) is 6.18 Å². The molecular weight excluding hydrogens is 301 g/mol. The van der Waals surface area contributed by atoms with Crippen LogP contribution in [0.1, 0.15) is 29.5 Å². The van der Waals surface area contributed by atoms with E-state index in [4.69, 9.17) is 0 Å². The van der Waals surface area contributed by atoms with Gasteiger partial charge in [-0.2, -0.15) is 13.2 Å². The number of anilines is 1. The van der Waals surface area contributed by atoms with Crippen LogP contribution in [0, 0.1) is 0 Å². The smallest absolute Gasteiger partial charge is 0.356 e. The molecule has 3 rings (SSSR count). The van der Waals surface area contributed by atoms with Crippen LogP contribution in [-0.4, -0.2) is 28.0 Å². The molecule has 0 bridgehead atoms. The molecule has 1 aliphatic rings. The zero-order valence-electron chi connectivity index (χ0n) is 11.0. The van der Waals surface area contributed by atoms with Crippen molar-refractivity contribution in [3.8, 4) is 0 Å². The highest BCUT2D eigenvalue weighted by atomic mass is 32.1. The molecule has 4 nitrogen and oxygen atoms in total. The van der Waals surface area contributed by atoms with E-state index >= 15 is 0 Å². The quantitative estimate of drug-likeness (QED) is 0.852. The van der Waals surface area contributed by atoms with E-state index in [0.717, 1.165) is 30.2 Å². The predicted octanol–water partition coefficient (Wildman–Crippen LogP) is 3.34. The van der Waals surface area contributed by atoms with Crippen molar-refractivity contribution < 1.29 is 13.2 Å². The number of aromatic nitrogens is 3. The Balaban J connectivity index is 1.70. The van der Waals surface area contributed by atoms with E-state index in [1.807, 2.05) is 10.3 Å². The number of halogens is 3. The Morgan fingerprint density at radius 2 is 1.90 bits per heavy atom. The minimum atomic E-state index is -4.43. The summed E-state index contributed by atoms with van der Waals surface area (Å²) in [6.07, 6.45) is 0.0755. The molecule has 2 aromatic heterocycles. The summed E-state index contributed by atoms with van der Waals surface area (Å²) in [6, 6.07) is 1.02. The fourth-order valence-electron chi connectivity index (χ4n) is 2.47. The Morgan fingerprint density at radius 1 is 1.14 bits per heavy atom. The third kappa shape index (κ3) is 3.15. The minimum Gasteiger partial charge on any atom is -0.356 e. The summed E-state index contributed by atoms with van der Waals surface area (Å²) in [5.74, 6) is 0.736. The largest absolute Gasteiger partial charge is 0.433 e. The lowest BCUT2D eigenvalue weighted by Gasteiger charge is -2.32. The third-order valence-electron chi connectivity index (χ3n) is 3.56. The number of hydrogen-bond donors (Lipinski definition) is 0. The summed E-state index contributed by atoms with van der Waals surface area (Å²) < 4.78 is 38.0. The maximum atomic E-state index is 12.7. The molecule has 0 aromatic carbocycles. The Kier molecular flexibility index (Phi) is 3.79. The maximum absolute atomic E-state index is 12.7. The molecule has 0 radical (unpaired) electrons. The zero-order valence-corrected chi connectivity index (χ0v) is 11.9. The fourth-order valence-corrected chi connectivity index (χ4v) is 3.28. The standard InChI is InChI=1S/C13H13F3N4S/c14-13(15,16)10-7-11(19-8-18-10)20-4-1-9(2-5-20)12-17-3-6-21-12/h3,6-9H,1-2,4-5H2. The van der Waals surface area contributed by atoms with E-state index in [2.05, 4.69) is 15.0 Å². The van der Waals surface area contributed by atoms with E-state index in [9.17, 15) is 13.2 Å². The Hall–Kier alpha value is -1.70. The van der Waals surface area contributed by atoms with Crippen molar-refractivity contribution in [2.75, 3.05) is 18.0 Å². The van der Waals surface area contributed by atoms with E-state index < -0.39 is 11.9 Å². The Morgan fingerprint density at radius 3 is 2.52 bits per heavy atom. The molecule has 112 valence electrons. The van der Waals surface area contributed by atoms with Crippen LogP contribution in [0.4, 0.5) is 19.0 Å². The molecule has 0 unspecified atom stereocenters. The molecule has 3 heterocycles. The van der Waals surface area contributed by atoms with Gasteiger partial charge in [-0.1, -0.05) is 0 Å². The van der Waals surface area contributed by atoms with Crippen LogP contribution >= 0.6 is 11.3 Å². The van der Waals surface area contributed by atoms with Crippen LogP contribution in [0.25, 0.3) is 0 Å². The van der Waals surface area contributed by atoms with Crippen LogP contribution in [0.3, 0.4) is 0 Å². The van der Waals surface area contributed by atoms with Gasteiger partial charge in [0.25, 0.3) is 0 Å². The predicted molar refractivity (Wildman–Crippen MR) is 73.3 cm³/mol. The van der Waals surface area contributed by atoms with Crippen LogP contribution in [0.15, 0.2) is 24.0 Å². The first-order chi connectivity index (χ1) is 10.0. The second-order valence-corrected chi connectivity index (χ2v) is 5.82. The third-order valence-corrected chi connectivity index (χ3v) is 4.50. The molecule has 8 heteroatoms. The number of thiazole rings is 1.